The summed E-state index contributed by atoms with van der Waals surface area (Å²) in [6.07, 6.45) is 5.80. The van der Waals surface area contributed by atoms with E-state index in [4.69, 9.17) is 0 Å². The average Bonchev–Trinajstić information content (AvgIpc) is 2.85. The fourth-order valence-corrected chi connectivity index (χ4v) is 1.85. The largest absolute Gasteiger partial charge is 0.305 e. The first kappa shape index (κ1) is 11.8. The van der Waals surface area contributed by atoms with Crippen LogP contribution >= 0.6 is 0 Å². The van der Waals surface area contributed by atoms with Crippen molar-refractivity contribution >= 4 is 0 Å². The molecule has 0 aliphatic rings. The number of nitrogens with zero attached hydrogens (tertiary/aromatic N) is 3. The number of hydrogen-bond acceptors (Lipinski definition) is 3. The monoisotopic (exact) mass is 230 g/mol. The third-order valence-corrected chi connectivity index (χ3v) is 2.70. The third-order valence-electron chi connectivity index (χ3n) is 2.70. The lowest BCUT2D eigenvalue weighted by Crippen LogP contribution is -2.22. The zero-order chi connectivity index (χ0) is 12.1. The highest BCUT2D eigenvalue weighted by atomic mass is 15.3. The zero-order valence-corrected chi connectivity index (χ0v) is 10.3. The summed E-state index contributed by atoms with van der Waals surface area (Å²) in [5.41, 5.74) is 2.19. The summed E-state index contributed by atoms with van der Waals surface area (Å²) >= 11 is 0. The van der Waals surface area contributed by atoms with Gasteiger partial charge in [-0.25, -0.2) is 0 Å². The molecule has 2 aromatic heterocycles. The van der Waals surface area contributed by atoms with E-state index in [2.05, 4.69) is 35.4 Å². The van der Waals surface area contributed by atoms with Gasteiger partial charge in [-0.1, -0.05) is 13.0 Å². The van der Waals surface area contributed by atoms with Crippen LogP contribution in [0.5, 0.6) is 0 Å². The summed E-state index contributed by atoms with van der Waals surface area (Å²) < 4.78 is 1.93. The Balaban J connectivity index is 2.28. The van der Waals surface area contributed by atoms with Crippen molar-refractivity contribution in [2.75, 3.05) is 6.54 Å². The Morgan fingerprint density at radius 1 is 1.35 bits per heavy atom. The average molecular weight is 230 g/mol. The minimum Gasteiger partial charge on any atom is -0.305 e. The zero-order valence-electron chi connectivity index (χ0n) is 10.3. The summed E-state index contributed by atoms with van der Waals surface area (Å²) in [7, 11) is 0. The molecule has 1 unspecified atom stereocenters. The Morgan fingerprint density at radius 3 is 2.82 bits per heavy atom. The van der Waals surface area contributed by atoms with Gasteiger partial charge in [0.05, 0.1) is 17.9 Å². The molecule has 4 nitrogen and oxygen atoms in total. The fourth-order valence-electron chi connectivity index (χ4n) is 1.85. The van der Waals surface area contributed by atoms with Crippen LogP contribution in [0, 0.1) is 0 Å². The van der Waals surface area contributed by atoms with Crippen LogP contribution in [-0.4, -0.2) is 21.3 Å². The molecule has 0 saturated carbocycles. The molecule has 0 aliphatic heterocycles. The van der Waals surface area contributed by atoms with Gasteiger partial charge in [0.15, 0.2) is 0 Å². The Bertz CT molecular complexity index is 449. The molecule has 0 fully saturated rings. The quantitative estimate of drug-likeness (QED) is 0.854. The number of nitrogens with one attached hydrogen (secondary N) is 1. The van der Waals surface area contributed by atoms with Gasteiger partial charge in [0.25, 0.3) is 0 Å². The molecule has 0 amide bonds. The topological polar surface area (TPSA) is 42.7 Å². The van der Waals surface area contributed by atoms with E-state index < -0.39 is 0 Å². The van der Waals surface area contributed by atoms with E-state index in [1.54, 1.807) is 0 Å². The van der Waals surface area contributed by atoms with Crippen LogP contribution in [0.15, 0.2) is 36.8 Å². The van der Waals surface area contributed by atoms with Crippen molar-refractivity contribution in [1.82, 2.24) is 20.1 Å². The van der Waals surface area contributed by atoms with Crippen molar-refractivity contribution < 1.29 is 0 Å². The van der Waals surface area contributed by atoms with Crippen LogP contribution in [0.25, 0.3) is 0 Å². The van der Waals surface area contributed by atoms with E-state index in [0.29, 0.717) is 0 Å². The first-order valence-corrected chi connectivity index (χ1v) is 6.01. The van der Waals surface area contributed by atoms with Crippen LogP contribution < -0.4 is 5.32 Å². The predicted molar refractivity (Wildman–Crippen MR) is 67.7 cm³/mol. The lowest BCUT2D eigenvalue weighted by Gasteiger charge is -2.15. The van der Waals surface area contributed by atoms with Crippen molar-refractivity contribution in [3.63, 3.8) is 0 Å². The molecule has 0 spiro atoms. The normalized spacial score (nSPS) is 12.6. The highest BCUT2D eigenvalue weighted by Gasteiger charge is 2.15. The highest BCUT2D eigenvalue weighted by molar-refractivity contribution is 5.23. The van der Waals surface area contributed by atoms with E-state index >= 15 is 0 Å². The molecule has 1 atom stereocenters. The van der Waals surface area contributed by atoms with Crippen molar-refractivity contribution in [2.45, 2.75) is 26.4 Å². The predicted octanol–water partition coefficient (Wildman–Crippen LogP) is 2.00. The van der Waals surface area contributed by atoms with Gasteiger partial charge >= 0.3 is 0 Å². The molecule has 2 aromatic rings. The molecule has 0 radical (unpaired) electrons. The number of aryl methyl sites for hydroxylation is 1. The molecule has 0 saturated heterocycles. The van der Waals surface area contributed by atoms with Crippen molar-refractivity contribution in [2.24, 2.45) is 0 Å². The molecule has 0 aliphatic carbocycles. The second kappa shape index (κ2) is 5.59. The molecule has 17 heavy (non-hydrogen) atoms. The molecule has 2 heterocycles. The lowest BCUT2D eigenvalue weighted by molar-refractivity contribution is 0.612. The minimum atomic E-state index is 0.126. The maximum Gasteiger partial charge on any atom is 0.0782 e. The number of rotatable bonds is 5. The maximum absolute atomic E-state index is 4.41. The van der Waals surface area contributed by atoms with Gasteiger partial charge in [-0.2, -0.15) is 5.10 Å². The first-order chi connectivity index (χ1) is 8.35. The van der Waals surface area contributed by atoms with Gasteiger partial charge in [-0.3, -0.25) is 9.67 Å². The van der Waals surface area contributed by atoms with Gasteiger partial charge in [0.1, 0.15) is 0 Å². The Kier molecular flexibility index (Phi) is 3.88. The Labute approximate surface area is 102 Å². The standard InChI is InChI=1S/C13H18N4/c1-3-14-13(12-7-5-6-8-15-12)11-9-16-17(4-2)10-11/h5-10,13-14H,3-4H2,1-2H3. The summed E-state index contributed by atoms with van der Waals surface area (Å²) in [4.78, 5) is 4.41. The maximum atomic E-state index is 4.41. The molecular formula is C13H18N4. The summed E-state index contributed by atoms with van der Waals surface area (Å²) in [6.45, 7) is 5.97. The Hall–Kier alpha value is -1.68. The number of aromatic nitrogens is 3. The van der Waals surface area contributed by atoms with Crippen LogP contribution in [0.2, 0.25) is 0 Å². The van der Waals surface area contributed by atoms with Crippen LogP contribution in [0.4, 0.5) is 0 Å². The molecule has 4 heteroatoms. The number of pyridine rings is 1. The smallest absolute Gasteiger partial charge is 0.0782 e. The number of hydrogen-bond donors (Lipinski definition) is 1. The van der Waals surface area contributed by atoms with Crippen molar-refractivity contribution in [3.8, 4) is 0 Å². The molecule has 0 aromatic carbocycles. The lowest BCUT2D eigenvalue weighted by atomic mass is 10.1. The van der Waals surface area contributed by atoms with Crippen LogP contribution in [0.1, 0.15) is 31.1 Å². The van der Waals surface area contributed by atoms with E-state index in [9.17, 15) is 0 Å². The third kappa shape index (κ3) is 2.71. The first-order valence-electron chi connectivity index (χ1n) is 6.01. The van der Waals surface area contributed by atoms with Crippen molar-refractivity contribution in [3.05, 3.63) is 48.0 Å². The summed E-state index contributed by atoms with van der Waals surface area (Å²) in [5.74, 6) is 0. The van der Waals surface area contributed by atoms with E-state index in [1.165, 1.54) is 0 Å². The Morgan fingerprint density at radius 2 is 2.24 bits per heavy atom. The van der Waals surface area contributed by atoms with Gasteiger partial charge in [-0.15, -0.1) is 0 Å². The molecule has 1 N–H and O–H groups in total. The molecule has 90 valence electrons. The van der Waals surface area contributed by atoms with Gasteiger partial charge < -0.3 is 5.32 Å². The van der Waals surface area contributed by atoms with Gasteiger partial charge in [0, 0.05) is 24.5 Å². The fraction of sp³-hybridized carbons (Fsp3) is 0.385. The highest BCUT2D eigenvalue weighted by Crippen LogP contribution is 2.19. The van der Waals surface area contributed by atoms with Crippen molar-refractivity contribution in [1.29, 1.82) is 0 Å². The summed E-state index contributed by atoms with van der Waals surface area (Å²) in [5, 5.41) is 7.75. The van der Waals surface area contributed by atoms with E-state index in [0.717, 1.165) is 24.3 Å². The van der Waals surface area contributed by atoms with Gasteiger partial charge in [-0.05, 0) is 25.6 Å². The SMILES string of the molecule is CCNC(c1cnn(CC)c1)c1ccccn1. The molecular weight excluding hydrogens is 212 g/mol. The molecule has 2 rings (SSSR count). The van der Waals surface area contributed by atoms with Crippen LogP contribution in [-0.2, 0) is 6.54 Å². The van der Waals surface area contributed by atoms with E-state index in [-0.39, 0.29) is 6.04 Å². The van der Waals surface area contributed by atoms with Gasteiger partial charge in [0.2, 0.25) is 0 Å². The second-order valence-electron chi connectivity index (χ2n) is 3.87. The molecule has 0 bridgehead atoms. The minimum absolute atomic E-state index is 0.126. The van der Waals surface area contributed by atoms with Crippen LogP contribution in [0.3, 0.4) is 0 Å². The second-order valence-corrected chi connectivity index (χ2v) is 3.87. The van der Waals surface area contributed by atoms with E-state index in [1.807, 2.05) is 35.3 Å². The summed E-state index contributed by atoms with van der Waals surface area (Å²) in [6, 6.07) is 6.11.